The van der Waals surface area contributed by atoms with Gasteiger partial charge in [-0.1, -0.05) is 48.5 Å². The topological polar surface area (TPSA) is 47.4 Å². The van der Waals surface area contributed by atoms with Gasteiger partial charge in [0, 0.05) is 24.7 Å². The van der Waals surface area contributed by atoms with Gasteiger partial charge in [0.05, 0.1) is 13.2 Å². The third-order valence-corrected chi connectivity index (χ3v) is 4.22. The Kier molecular flexibility index (Phi) is 4.21. The van der Waals surface area contributed by atoms with Crippen molar-refractivity contribution in [1.82, 2.24) is 9.78 Å². The summed E-state index contributed by atoms with van der Waals surface area (Å²) in [6.07, 6.45) is 0.911. The van der Waals surface area contributed by atoms with Gasteiger partial charge < -0.3 is 9.64 Å². The summed E-state index contributed by atoms with van der Waals surface area (Å²) in [6.45, 7) is 1.95. The average Bonchev–Trinajstić information content (AvgIpc) is 3.11. The molecule has 0 spiro atoms. The van der Waals surface area contributed by atoms with Crippen molar-refractivity contribution in [2.45, 2.75) is 19.5 Å². The van der Waals surface area contributed by atoms with Gasteiger partial charge in [-0.2, -0.15) is 5.10 Å². The van der Waals surface area contributed by atoms with Crippen LogP contribution in [0.5, 0.6) is 5.88 Å². The second-order valence-corrected chi connectivity index (χ2v) is 6.01. The number of carbonyl (C=O) groups is 1. The van der Waals surface area contributed by atoms with Crippen LogP contribution in [-0.2, 0) is 13.1 Å². The van der Waals surface area contributed by atoms with E-state index in [2.05, 4.69) is 5.10 Å². The van der Waals surface area contributed by atoms with Crippen LogP contribution in [0.25, 0.3) is 0 Å². The number of amides is 1. The molecule has 25 heavy (non-hydrogen) atoms. The zero-order chi connectivity index (χ0) is 17.1. The number of hydrogen-bond donors (Lipinski definition) is 0. The predicted molar refractivity (Wildman–Crippen MR) is 95.7 cm³/mol. The Bertz CT molecular complexity index is 836. The second kappa shape index (κ2) is 6.81. The Morgan fingerprint density at radius 3 is 2.52 bits per heavy atom. The molecule has 4 rings (SSSR count). The number of hydrogen-bond acceptors (Lipinski definition) is 3. The van der Waals surface area contributed by atoms with Crippen molar-refractivity contribution in [2.75, 3.05) is 11.5 Å². The molecule has 2 heterocycles. The van der Waals surface area contributed by atoms with Gasteiger partial charge >= 0.3 is 0 Å². The van der Waals surface area contributed by atoms with E-state index in [0.717, 1.165) is 24.2 Å². The molecule has 1 aliphatic heterocycles. The Labute approximate surface area is 146 Å². The maximum absolute atomic E-state index is 13.2. The normalized spacial score (nSPS) is 13.0. The SMILES string of the molecule is O=C(c1cc2n(n1)CCCO2)N(Cc1ccccc1)c1ccccc1. The van der Waals surface area contributed by atoms with Gasteiger partial charge in [0.25, 0.3) is 5.91 Å². The summed E-state index contributed by atoms with van der Waals surface area (Å²) in [5, 5.41) is 4.44. The maximum atomic E-state index is 13.2. The van der Waals surface area contributed by atoms with E-state index in [-0.39, 0.29) is 5.91 Å². The molecule has 0 radical (unpaired) electrons. The van der Waals surface area contributed by atoms with Gasteiger partial charge in [0.2, 0.25) is 5.88 Å². The molecule has 3 aromatic rings. The van der Waals surface area contributed by atoms with Crippen molar-refractivity contribution < 1.29 is 9.53 Å². The molecule has 0 fully saturated rings. The fourth-order valence-corrected chi connectivity index (χ4v) is 2.96. The number of rotatable bonds is 4. The van der Waals surface area contributed by atoms with Crippen LogP contribution < -0.4 is 9.64 Å². The third-order valence-electron chi connectivity index (χ3n) is 4.22. The highest BCUT2D eigenvalue weighted by Gasteiger charge is 2.23. The van der Waals surface area contributed by atoms with Crippen molar-refractivity contribution in [1.29, 1.82) is 0 Å². The highest BCUT2D eigenvalue weighted by molar-refractivity contribution is 6.04. The van der Waals surface area contributed by atoms with Gasteiger partial charge in [0.15, 0.2) is 5.69 Å². The van der Waals surface area contributed by atoms with Crippen LogP contribution in [0.1, 0.15) is 22.5 Å². The van der Waals surface area contributed by atoms with E-state index in [1.54, 1.807) is 15.6 Å². The van der Waals surface area contributed by atoms with Crippen molar-refractivity contribution >= 4 is 11.6 Å². The highest BCUT2D eigenvalue weighted by atomic mass is 16.5. The van der Waals surface area contributed by atoms with E-state index in [1.807, 2.05) is 60.7 Å². The van der Waals surface area contributed by atoms with Crippen LogP contribution >= 0.6 is 0 Å². The molecule has 0 unspecified atom stereocenters. The second-order valence-electron chi connectivity index (χ2n) is 6.01. The van der Waals surface area contributed by atoms with E-state index in [9.17, 15) is 4.79 Å². The van der Waals surface area contributed by atoms with Crippen molar-refractivity contribution in [3.8, 4) is 5.88 Å². The molecule has 2 aromatic carbocycles. The molecule has 0 bridgehead atoms. The average molecular weight is 333 g/mol. The number of ether oxygens (including phenoxy) is 1. The minimum Gasteiger partial charge on any atom is -0.478 e. The number of fused-ring (bicyclic) bond motifs is 1. The predicted octanol–water partition coefficient (Wildman–Crippen LogP) is 3.51. The summed E-state index contributed by atoms with van der Waals surface area (Å²) in [5.41, 5.74) is 2.33. The maximum Gasteiger partial charge on any atom is 0.279 e. The zero-order valence-electron chi connectivity index (χ0n) is 13.8. The smallest absolute Gasteiger partial charge is 0.279 e. The van der Waals surface area contributed by atoms with Crippen molar-refractivity contribution in [3.63, 3.8) is 0 Å². The van der Waals surface area contributed by atoms with E-state index < -0.39 is 0 Å². The van der Waals surface area contributed by atoms with Gasteiger partial charge in [-0.3, -0.25) is 4.79 Å². The van der Waals surface area contributed by atoms with Crippen LogP contribution in [0, 0.1) is 0 Å². The van der Waals surface area contributed by atoms with Crippen LogP contribution in [0.4, 0.5) is 5.69 Å². The Morgan fingerprint density at radius 1 is 1.08 bits per heavy atom. The summed E-state index contributed by atoms with van der Waals surface area (Å²) in [4.78, 5) is 14.9. The van der Waals surface area contributed by atoms with Gasteiger partial charge in [0.1, 0.15) is 0 Å². The van der Waals surface area contributed by atoms with Gasteiger partial charge in [-0.15, -0.1) is 0 Å². The Morgan fingerprint density at radius 2 is 1.80 bits per heavy atom. The largest absolute Gasteiger partial charge is 0.478 e. The molecule has 5 nitrogen and oxygen atoms in total. The Balaban J connectivity index is 1.67. The molecule has 1 aromatic heterocycles. The lowest BCUT2D eigenvalue weighted by atomic mass is 10.2. The molecule has 5 heteroatoms. The van der Waals surface area contributed by atoms with Crippen LogP contribution in [0.2, 0.25) is 0 Å². The minimum atomic E-state index is -0.124. The lowest BCUT2D eigenvalue weighted by molar-refractivity contribution is 0.0979. The fraction of sp³-hybridized carbons (Fsp3) is 0.200. The number of benzene rings is 2. The van der Waals surface area contributed by atoms with E-state index in [0.29, 0.717) is 24.7 Å². The number of carbonyl (C=O) groups excluding carboxylic acids is 1. The minimum absolute atomic E-state index is 0.124. The first-order chi connectivity index (χ1) is 12.3. The molecule has 0 saturated carbocycles. The molecule has 0 aliphatic carbocycles. The lowest BCUT2D eigenvalue weighted by Crippen LogP contribution is -2.30. The summed E-state index contributed by atoms with van der Waals surface area (Å²) in [7, 11) is 0. The highest BCUT2D eigenvalue weighted by Crippen LogP contribution is 2.23. The van der Waals surface area contributed by atoms with Crippen LogP contribution in [0.3, 0.4) is 0 Å². The third kappa shape index (κ3) is 3.26. The number of nitrogens with zero attached hydrogens (tertiary/aromatic N) is 3. The standard InChI is InChI=1S/C20H19N3O2/c24-20(18-14-19-23(21-18)12-7-13-25-19)22(17-10-5-2-6-11-17)15-16-8-3-1-4-9-16/h1-6,8-11,14H,7,12-13,15H2. The Hall–Kier alpha value is -3.08. The van der Waals surface area contributed by atoms with Gasteiger partial charge in [-0.05, 0) is 17.7 Å². The first-order valence-corrected chi connectivity index (χ1v) is 8.43. The lowest BCUT2D eigenvalue weighted by Gasteiger charge is -2.22. The summed E-state index contributed by atoms with van der Waals surface area (Å²) < 4.78 is 7.35. The molecule has 0 N–H and O–H groups in total. The molecular weight excluding hydrogens is 314 g/mol. The summed E-state index contributed by atoms with van der Waals surface area (Å²) in [6, 6.07) is 21.4. The van der Waals surface area contributed by atoms with Crippen molar-refractivity contribution in [2.24, 2.45) is 0 Å². The molecule has 1 aliphatic rings. The molecule has 0 saturated heterocycles. The van der Waals surface area contributed by atoms with Crippen molar-refractivity contribution in [3.05, 3.63) is 78.0 Å². The number of anilines is 1. The van der Waals surface area contributed by atoms with Crippen LogP contribution in [-0.4, -0.2) is 22.3 Å². The van der Waals surface area contributed by atoms with E-state index in [1.165, 1.54) is 0 Å². The van der Waals surface area contributed by atoms with E-state index >= 15 is 0 Å². The molecule has 0 atom stereocenters. The molecular formula is C20H19N3O2. The zero-order valence-corrected chi connectivity index (χ0v) is 13.8. The summed E-state index contributed by atoms with van der Waals surface area (Å²) in [5.74, 6) is 0.544. The first-order valence-electron chi connectivity index (χ1n) is 8.43. The quantitative estimate of drug-likeness (QED) is 0.734. The number of aromatic nitrogens is 2. The monoisotopic (exact) mass is 333 g/mol. The van der Waals surface area contributed by atoms with Gasteiger partial charge in [-0.25, -0.2) is 4.68 Å². The number of aryl methyl sites for hydroxylation is 1. The first kappa shape index (κ1) is 15.4. The molecule has 126 valence electrons. The summed E-state index contributed by atoms with van der Waals surface area (Å²) >= 11 is 0. The fourth-order valence-electron chi connectivity index (χ4n) is 2.96. The van der Waals surface area contributed by atoms with E-state index in [4.69, 9.17) is 4.74 Å². The molecule has 1 amide bonds. The number of para-hydroxylation sites is 1. The van der Waals surface area contributed by atoms with Crippen LogP contribution in [0.15, 0.2) is 66.7 Å².